The van der Waals surface area contributed by atoms with E-state index in [9.17, 15) is 13.2 Å². The van der Waals surface area contributed by atoms with Crippen LogP contribution in [0.25, 0.3) is 22.6 Å². The van der Waals surface area contributed by atoms with E-state index in [1.54, 1.807) is 11.6 Å². The van der Waals surface area contributed by atoms with Gasteiger partial charge < -0.3 is 14.0 Å². The predicted octanol–water partition coefficient (Wildman–Crippen LogP) is 5.36. The van der Waals surface area contributed by atoms with E-state index in [1.807, 2.05) is 31.2 Å². The number of fused-ring (bicyclic) bond motifs is 1. The Hall–Kier alpha value is -3.27. The highest BCUT2D eigenvalue weighted by atomic mass is 32.2. The van der Waals surface area contributed by atoms with Crippen LogP contribution in [-0.2, 0) is 7.05 Å². The second-order valence-corrected chi connectivity index (χ2v) is 7.36. The summed E-state index contributed by atoms with van der Waals surface area (Å²) in [5.74, 6) is 0.804. The van der Waals surface area contributed by atoms with Crippen LogP contribution < -0.4 is 9.46 Å². The fourth-order valence-electron chi connectivity index (χ4n) is 2.85. The Morgan fingerprint density at radius 3 is 2.37 bits per heavy atom. The van der Waals surface area contributed by atoms with Crippen molar-refractivity contribution < 1.29 is 17.9 Å². The lowest BCUT2D eigenvalue weighted by Gasteiger charge is -2.09. The van der Waals surface area contributed by atoms with Crippen molar-refractivity contribution in [3.63, 3.8) is 0 Å². The summed E-state index contributed by atoms with van der Waals surface area (Å²) < 4.78 is 46.0. The average Bonchev–Trinajstić information content (AvgIpc) is 3.04. The zero-order chi connectivity index (χ0) is 21.3. The summed E-state index contributed by atoms with van der Waals surface area (Å²) in [6.45, 7) is 2.02. The molecule has 0 bridgehead atoms. The summed E-state index contributed by atoms with van der Waals surface area (Å²) in [4.78, 5) is 14.2. The number of benzene rings is 2. The molecule has 4 aromatic rings. The molecule has 0 aliphatic rings. The lowest BCUT2D eigenvalue weighted by Crippen LogP contribution is -2.16. The van der Waals surface area contributed by atoms with Gasteiger partial charge in [0.15, 0.2) is 17.0 Å². The van der Waals surface area contributed by atoms with Crippen LogP contribution in [0.15, 0.2) is 59.8 Å². The lowest BCUT2D eigenvalue weighted by atomic mass is 10.2. The maximum absolute atomic E-state index is 12.4. The fraction of sp³-hybridized carbons (Fsp3) is 0.150. The van der Waals surface area contributed by atoms with Gasteiger partial charge in [0.25, 0.3) is 0 Å². The molecule has 2 aromatic carbocycles. The number of anilines is 1. The SMILES string of the molecule is Cc1ccc(SNc2ncnc3c2nc(-c2ccc(OC(F)(F)F)cc2)n3C)cc1. The maximum atomic E-state index is 12.4. The second kappa shape index (κ2) is 7.86. The maximum Gasteiger partial charge on any atom is 0.573 e. The van der Waals surface area contributed by atoms with E-state index in [-0.39, 0.29) is 5.75 Å². The predicted molar refractivity (Wildman–Crippen MR) is 109 cm³/mol. The number of aryl methyl sites for hydroxylation is 2. The van der Waals surface area contributed by atoms with E-state index in [4.69, 9.17) is 0 Å². The van der Waals surface area contributed by atoms with Gasteiger partial charge in [0.2, 0.25) is 0 Å². The zero-order valence-corrected chi connectivity index (χ0v) is 16.8. The number of alkyl halides is 3. The molecule has 0 aliphatic heterocycles. The van der Waals surface area contributed by atoms with Crippen LogP contribution in [0.5, 0.6) is 5.75 Å². The normalized spacial score (nSPS) is 11.6. The van der Waals surface area contributed by atoms with E-state index in [1.165, 1.54) is 48.1 Å². The number of hydrogen-bond donors (Lipinski definition) is 1. The summed E-state index contributed by atoms with van der Waals surface area (Å²) >= 11 is 1.40. The number of nitrogens with zero attached hydrogens (tertiary/aromatic N) is 4. The molecule has 0 saturated carbocycles. The van der Waals surface area contributed by atoms with Crippen LogP contribution in [0.3, 0.4) is 0 Å². The number of imidazole rings is 1. The number of hydrogen-bond acceptors (Lipinski definition) is 6. The van der Waals surface area contributed by atoms with Crippen molar-refractivity contribution >= 4 is 28.9 Å². The Balaban J connectivity index is 1.62. The minimum absolute atomic E-state index is 0.290. The fourth-order valence-corrected chi connectivity index (χ4v) is 3.49. The van der Waals surface area contributed by atoms with Crippen molar-refractivity contribution in [1.29, 1.82) is 0 Å². The van der Waals surface area contributed by atoms with Gasteiger partial charge in [-0.2, -0.15) is 0 Å². The van der Waals surface area contributed by atoms with Crippen LogP contribution in [0.2, 0.25) is 0 Å². The van der Waals surface area contributed by atoms with Crippen molar-refractivity contribution in [3.8, 4) is 17.1 Å². The zero-order valence-electron chi connectivity index (χ0n) is 15.9. The molecule has 0 radical (unpaired) electrons. The highest BCUT2D eigenvalue weighted by Gasteiger charge is 2.31. The molecule has 0 atom stereocenters. The highest BCUT2D eigenvalue weighted by molar-refractivity contribution is 8.00. The number of halogens is 3. The van der Waals surface area contributed by atoms with E-state index in [0.717, 1.165) is 4.90 Å². The van der Waals surface area contributed by atoms with E-state index in [0.29, 0.717) is 28.4 Å². The first-order valence-corrected chi connectivity index (χ1v) is 9.65. The molecular weight excluding hydrogens is 415 g/mol. The molecule has 0 spiro atoms. The van der Waals surface area contributed by atoms with Crippen LogP contribution >= 0.6 is 11.9 Å². The van der Waals surface area contributed by atoms with E-state index >= 15 is 0 Å². The van der Waals surface area contributed by atoms with Gasteiger partial charge in [0, 0.05) is 17.5 Å². The molecule has 154 valence electrons. The quantitative estimate of drug-likeness (QED) is 0.430. The first-order valence-electron chi connectivity index (χ1n) is 8.83. The van der Waals surface area contributed by atoms with Gasteiger partial charge in [0.05, 0.1) is 0 Å². The second-order valence-electron chi connectivity index (χ2n) is 6.48. The summed E-state index contributed by atoms with van der Waals surface area (Å²) in [5.41, 5.74) is 2.96. The molecule has 0 unspecified atom stereocenters. The van der Waals surface area contributed by atoms with Crippen molar-refractivity contribution in [1.82, 2.24) is 19.5 Å². The van der Waals surface area contributed by atoms with Crippen molar-refractivity contribution in [2.75, 3.05) is 4.72 Å². The van der Waals surface area contributed by atoms with Gasteiger partial charge in [-0.1, -0.05) is 17.7 Å². The standard InChI is InChI=1S/C20H16F3N5OS/c1-12-3-9-15(10-4-12)30-27-17-16-19(25-11-24-17)28(2)18(26-16)13-5-7-14(8-6-13)29-20(21,22)23/h3-11H,1-2H3,(H,24,25,27). The largest absolute Gasteiger partial charge is 0.573 e. The Morgan fingerprint density at radius 2 is 1.70 bits per heavy atom. The topological polar surface area (TPSA) is 64.9 Å². The third kappa shape index (κ3) is 4.33. The third-order valence-electron chi connectivity index (χ3n) is 4.29. The van der Waals surface area contributed by atoms with Crippen molar-refractivity contribution in [3.05, 3.63) is 60.4 Å². The van der Waals surface area contributed by atoms with Gasteiger partial charge in [-0.05, 0) is 55.3 Å². The van der Waals surface area contributed by atoms with Gasteiger partial charge >= 0.3 is 6.36 Å². The molecule has 1 N–H and O–H groups in total. The smallest absolute Gasteiger partial charge is 0.406 e. The van der Waals surface area contributed by atoms with E-state index in [2.05, 4.69) is 24.4 Å². The molecular formula is C20H16F3N5OS. The molecule has 4 rings (SSSR count). The van der Waals surface area contributed by atoms with Gasteiger partial charge in [-0.25, -0.2) is 15.0 Å². The molecule has 30 heavy (non-hydrogen) atoms. The Morgan fingerprint density at radius 1 is 1.00 bits per heavy atom. The molecule has 0 fully saturated rings. The number of aromatic nitrogens is 4. The number of rotatable bonds is 5. The van der Waals surface area contributed by atoms with Gasteiger partial charge in [-0.3, -0.25) is 0 Å². The number of ether oxygens (including phenoxy) is 1. The summed E-state index contributed by atoms with van der Waals surface area (Å²) in [6.07, 6.45) is -3.29. The summed E-state index contributed by atoms with van der Waals surface area (Å²) in [6, 6.07) is 13.6. The summed E-state index contributed by atoms with van der Waals surface area (Å²) in [7, 11) is 1.79. The van der Waals surface area contributed by atoms with Crippen LogP contribution in [-0.4, -0.2) is 25.9 Å². The van der Waals surface area contributed by atoms with E-state index < -0.39 is 6.36 Å². The average molecular weight is 431 g/mol. The Labute approximate surface area is 174 Å². The molecule has 0 amide bonds. The number of nitrogens with one attached hydrogen (secondary N) is 1. The monoisotopic (exact) mass is 431 g/mol. The minimum Gasteiger partial charge on any atom is -0.406 e. The third-order valence-corrected chi connectivity index (χ3v) is 5.09. The first kappa shape index (κ1) is 20.0. The van der Waals surface area contributed by atoms with Gasteiger partial charge in [0.1, 0.15) is 17.9 Å². The van der Waals surface area contributed by atoms with Crippen LogP contribution in [0, 0.1) is 6.92 Å². The molecule has 6 nitrogen and oxygen atoms in total. The van der Waals surface area contributed by atoms with Crippen LogP contribution in [0.1, 0.15) is 5.56 Å². The van der Waals surface area contributed by atoms with Crippen molar-refractivity contribution in [2.45, 2.75) is 18.2 Å². The molecule has 10 heteroatoms. The molecule has 0 saturated heterocycles. The van der Waals surface area contributed by atoms with Crippen molar-refractivity contribution in [2.24, 2.45) is 7.05 Å². The van der Waals surface area contributed by atoms with Gasteiger partial charge in [-0.15, -0.1) is 13.2 Å². The van der Waals surface area contributed by atoms with Crippen LogP contribution in [0.4, 0.5) is 19.0 Å². The minimum atomic E-state index is -4.73. The molecule has 0 aliphatic carbocycles. The Kier molecular flexibility index (Phi) is 5.25. The Bertz CT molecular complexity index is 1170. The lowest BCUT2D eigenvalue weighted by molar-refractivity contribution is -0.274. The molecule has 2 aromatic heterocycles. The first-order chi connectivity index (χ1) is 14.3. The molecule has 2 heterocycles. The highest BCUT2D eigenvalue weighted by Crippen LogP contribution is 2.30. The summed E-state index contributed by atoms with van der Waals surface area (Å²) in [5, 5.41) is 0.